The summed E-state index contributed by atoms with van der Waals surface area (Å²) in [4.78, 5) is 0.00574. The van der Waals surface area contributed by atoms with E-state index in [1.165, 1.54) is 6.07 Å². The van der Waals surface area contributed by atoms with E-state index < -0.39 is 10.1 Å². The van der Waals surface area contributed by atoms with Crippen LogP contribution < -0.4 is 0 Å². The van der Waals surface area contributed by atoms with Crippen molar-refractivity contribution in [3.05, 3.63) is 42.0 Å². The molecule has 0 aliphatic carbocycles. The van der Waals surface area contributed by atoms with Gasteiger partial charge in [0.1, 0.15) is 0 Å². The van der Waals surface area contributed by atoms with E-state index in [1.807, 2.05) is 44.2 Å². The second-order valence-electron chi connectivity index (χ2n) is 4.37. The molecule has 0 amide bonds. The van der Waals surface area contributed by atoms with Crippen molar-refractivity contribution in [2.75, 3.05) is 0 Å². The lowest BCUT2D eigenvalue weighted by molar-refractivity contribution is 0.481. The summed E-state index contributed by atoms with van der Waals surface area (Å²) in [5, 5.41) is 1.79. The van der Waals surface area contributed by atoms with Gasteiger partial charge in [-0.1, -0.05) is 38.1 Å². The van der Waals surface area contributed by atoms with Crippen LogP contribution in [0.15, 0.2) is 41.3 Å². The SMILES string of the molecule is CC(C)c1cc2ccccc2cc1S(=O)(=O)O. The Bertz CT molecular complexity index is 657. The predicted molar refractivity (Wildman–Crippen MR) is 67.9 cm³/mol. The Balaban J connectivity index is 2.85. The maximum Gasteiger partial charge on any atom is 0.294 e. The zero-order valence-corrected chi connectivity index (χ0v) is 10.5. The monoisotopic (exact) mass is 250 g/mol. The lowest BCUT2D eigenvalue weighted by Crippen LogP contribution is -2.04. The van der Waals surface area contributed by atoms with Gasteiger partial charge in [0, 0.05) is 0 Å². The van der Waals surface area contributed by atoms with Gasteiger partial charge < -0.3 is 0 Å². The number of hydrogen-bond acceptors (Lipinski definition) is 2. The lowest BCUT2D eigenvalue weighted by atomic mass is 9.99. The van der Waals surface area contributed by atoms with Crippen molar-refractivity contribution in [2.24, 2.45) is 0 Å². The first-order chi connectivity index (χ1) is 7.89. The van der Waals surface area contributed by atoms with Gasteiger partial charge in [0.05, 0.1) is 4.90 Å². The van der Waals surface area contributed by atoms with E-state index >= 15 is 0 Å². The van der Waals surface area contributed by atoms with Gasteiger partial charge in [-0.25, -0.2) is 0 Å². The summed E-state index contributed by atoms with van der Waals surface area (Å²) in [5.41, 5.74) is 0.645. The van der Waals surface area contributed by atoms with E-state index in [1.54, 1.807) is 0 Å². The molecule has 0 heterocycles. The Hall–Kier alpha value is -1.39. The highest BCUT2D eigenvalue weighted by Gasteiger charge is 2.18. The van der Waals surface area contributed by atoms with Gasteiger partial charge >= 0.3 is 0 Å². The first-order valence-electron chi connectivity index (χ1n) is 5.40. The molecule has 17 heavy (non-hydrogen) atoms. The van der Waals surface area contributed by atoms with Crippen molar-refractivity contribution in [1.29, 1.82) is 0 Å². The van der Waals surface area contributed by atoms with Crippen molar-refractivity contribution in [2.45, 2.75) is 24.7 Å². The van der Waals surface area contributed by atoms with Gasteiger partial charge in [-0.15, -0.1) is 0 Å². The predicted octanol–water partition coefficient (Wildman–Crippen LogP) is 3.21. The fraction of sp³-hybridized carbons (Fsp3) is 0.231. The molecule has 0 saturated carbocycles. The van der Waals surface area contributed by atoms with Gasteiger partial charge in [-0.3, -0.25) is 4.55 Å². The maximum absolute atomic E-state index is 11.4. The van der Waals surface area contributed by atoms with Crippen molar-refractivity contribution in [3.63, 3.8) is 0 Å². The Labute approximate surface area is 101 Å². The summed E-state index contributed by atoms with van der Waals surface area (Å²) in [6, 6.07) is 10.8. The molecule has 0 spiro atoms. The van der Waals surface area contributed by atoms with Crippen molar-refractivity contribution < 1.29 is 13.0 Å². The van der Waals surface area contributed by atoms with Crippen molar-refractivity contribution in [1.82, 2.24) is 0 Å². The number of benzene rings is 2. The molecule has 0 aromatic heterocycles. The van der Waals surface area contributed by atoms with Crippen LogP contribution in [0.5, 0.6) is 0 Å². The summed E-state index contributed by atoms with van der Waals surface area (Å²) in [6.45, 7) is 3.80. The van der Waals surface area contributed by atoms with E-state index in [9.17, 15) is 13.0 Å². The zero-order chi connectivity index (χ0) is 12.6. The zero-order valence-electron chi connectivity index (χ0n) is 9.71. The lowest BCUT2D eigenvalue weighted by Gasteiger charge is -2.12. The van der Waals surface area contributed by atoms with Crippen LogP contribution in [-0.4, -0.2) is 13.0 Å². The molecule has 3 nitrogen and oxygen atoms in total. The molecule has 4 heteroatoms. The summed E-state index contributed by atoms with van der Waals surface area (Å²) in [7, 11) is -4.17. The second kappa shape index (κ2) is 4.13. The van der Waals surface area contributed by atoms with Gasteiger partial charge in [0.2, 0.25) is 0 Å². The van der Waals surface area contributed by atoms with Crippen LogP contribution in [0.2, 0.25) is 0 Å². The van der Waals surface area contributed by atoms with Gasteiger partial charge in [0.25, 0.3) is 10.1 Å². The first kappa shape index (κ1) is 12.1. The standard InChI is InChI=1S/C13H14O3S/c1-9(2)12-7-10-5-3-4-6-11(10)8-13(12)17(14,15)16/h3-9H,1-2H3,(H,14,15,16). The number of fused-ring (bicyclic) bond motifs is 1. The third kappa shape index (κ3) is 2.33. The van der Waals surface area contributed by atoms with Crippen LogP contribution in [0.1, 0.15) is 25.3 Å². The summed E-state index contributed by atoms with van der Waals surface area (Å²) < 4.78 is 32.0. The Morgan fingerprint density at radius 2 is 1.59 bits per heavy atom. The average Bonchev–Trinajstić information content (AvgIpc) is 2.26. The molecule has 2 aromatic rings. The minimum Gasteiger partial charge on any atom is -0.282 e. The highest BCUT2D eigenvalue weighted by molar-refractivity contribution is 7.85. The van der Waals surface area contributed by atoms with Gasteiger partial charge in [-0.2, -0.15) is 8.42 Å². The molecule has 0 aliphatic heterocycles. The van der Waals surface area contributed by atoms with Crippen LogP contribution in [-0.2, 0) is 10.1 Å². The van der Waals surface area contributed by atoms with E-state index in [2.05, 4.69) is 0 Å². The number of hydrogen-bond donors (Lipinski definition) is 1. The van der Waals surface area contributed by atoms with E-state index in [4.69, 9.17) is 0 Å². The molecular weight excluding hydrogens is 236 g/mol. The molecule has 0 bridgehead atoms. The first-order valence-corrected chi connectivity index (χ1v) is 6.84. The third-order valence-electron chi connectivity index (χ3n) is 2.78. The summed E-state index contributed by atoms with van der Waals surface area (Å²) >= 11 is 0. The van der Waals surface area contributed by atoms with Crippen LogP contribution in [0.3, 0.4) is 0 Å². The Morgan fingerprint density at radius 3 is 2.06 bits per heavy atom. The molecular formula is C13H14O3S. The Kier molecular flexibility index (Phi) is 2.93. The topological polar surface area (TPSA) is 54.4 Å². The van der Waals surface area contributed by atoms with Gasteiger partial charge in [0.15, 0.2) is 0 Å². The molecule has 0 atom stereocenters. The summed E-state index contributed by atoms with van der Waals surface area (Å²) in [6.07, 6.45) is 0. The van der Waals surface area contributed by atoms with E-state index in [0.717, 1.165) is 10.8 Å². The molecule has 0 aliphatic rings. The maximum atomic E-state index is 11.4. The minimum atomic E-state index is -4.17. The third-order valence-corrected chi connectivity index (χ3v) is 3.69. The highest BCUT2D eigenvalue weighted by Crippen LogP contribution is 2.28. The fourth-order valence-electron chi connectivity index (χ4n) is 1.91. The molecule has 90 valence electrons. The smallest absolute Gasteiger partial charge is 0.282 e. The molecule has 2 rings (SSSR count). The molecule has 0 saturated heterocycles. The van der Waals surface area contributed by atoms with Gasteiger partial charge in [-0.05, 0) is 34.4 Å². The van der Waals surface area contributed by atoms with Crippen LogP contribution in [0.4, 0.5) is 0 Å². The normalized spacial score (nSPS) is 12.2. The van der Waals surface area contributed by atoms with E-state index in [-0.39, 0.29) is 10.8 Å². The van der Waals surface area contributed by atoms with Crippen LogP contribution in [0, 0.1) is 0 Å². The van der Waals surface area contributed by atoms with Crippen molar-refractivity contribution in [3.8, 4) is 0 Å². The molecule has 0 unspecified atom stereocenters. The van der Waals surface area contributed by atoms with Crippen molar-refractivity contribution >= 4 is 20.9 Å². The Morgan fingerprint density at radius 1 is 1.06 bits per heavy atom. The molecule has 2 aromatic carbocycles. The van der Waals surface area contributed by atoms with Crippen LogP contribution in [0.25, 0.3) is 10.8 Å². The summed E-state index contributed by atoms with van der Waals surface area (Å²) in [5.74, 6) is 0.0385. The molecule has 1 N–H and O–H groups in total. The average molecular weight is 250 g/mol. The largest absolute Gasteiger partial charge is 0.294 e. The van der Waals surface area contributed by atoms with Crippen LogP contribution >= 0.6 is 0 Å². The fourth-order valence-corrected chi connectivity index (χ4v) is 2.78. The molecule has 0 fully saturated rings. The van der Waals surface area contributed by atoms with E-state index in [0.29, 0.717) is 5.56 Å². The number of rotatable bonds is 2. The second-order valence-corrected chi connectivity index (χ2v) is 5.76. The minimum absolute atomic E-state index is 0.00574. The highest BCUT2D eigenvalue weighted by atomic mass is 32.2. The molecule has 0 radical (unpaired) electrons. The quantitative estimate of drug-likeness (QED) is 0.833.